The molecule has 1 saturated heterocycles. The molecule has 0 aromatic heterocycles. The Morgan fingerprint density at radius 1 is 1.28 bits per heavy atom. The van der Waals surface area contributed by atoms with Crippen molar-refractivity contribution in [3.05, 3.63) is 0 Å². The Hall–Kier alpha value is -1.06. The number of urea groups is 1. The summed E-state index contributed by atoms with van der Waals surface area (Å²) in [5.41, 5.74) is -0.559. The van der Waals surface area contributed by atoms with E-state index in [9.17, 15) is 9.59 Å². The zero-order valence-electron chi connectivity index (χ0n) is 11.5. The highest BCUT2D eigenvalue weighted by molar-refractivity contribution is 6.07. The molecule has 1 aliphatic heterocycles. The van der Waals surface area contributed by atoms with E-state index in [0.717, 1.165) is 44.4 Å². The van der Waals surface area contributed by atoms with Crippen LogP contribution in [-0.2, 0) is 4.79 Å². The third-order valence-corrected chi connectivity index (χ3v) is 4.52. The van der Waals surface area contributed by atoms with Gasteiger partial charge in [0.25, 0.3) is 5.91 Å². The van der Waals surface area contributed by atoms with Gasteiger partial charge >= 0.3 is 6.03 Å². The second-order valence-corrected chi connectivity index (χ2v) is 5.67. The minimum absolute atomic E-state index is 0.0236. The molecule has 4 heteroatoms. The van der Waals surface area contributed by atoms with Gasteiger partial charge in [-0.1, -0.05) is 26.7 Å². The van der Waals surface area contributed by atoms with Crippen molar-refractivity contribution in [2.24, 2.45) is 5.92 Å². The lowest BCUT2D eigenvalue weighted by molar-refractivity contribution is -0.132. The molecule has 3 amide bonds. The van der Waals surface area contributed by atoms with Crippen LogP contribution in [0.15, 0.2) is 0 Å². The molecule has 2 fully saturated rings. The Morgan fingerprint density at radius 2 is 1.94 bits per heavy atom. The van der Waals surface area contributed by atoms with Crippen molar-refractivity contribution in [1.82, 2.24) is 10.2 Å². The topological polar surface area (TPSA) is 49.4 Å². The van der Waals surface area contributed by atoms with E-state index in [1.54, 1.807) is 0 Å². The van der Waals surface area contributed by atoms with Crippen LogP contribution in [0.5, 0.6) is 0 Å². The van der Waals surface area contributed by atoms with Crippen molar-refractivity contribution < 1.29 is 9.59 Å². The quantitative estimate of drug-likeness (QED) is 0.782. The highest BCUT2D eigenvalue weighted by atomic mass is 16.2. The molecule has 0 atom stereocenters. The first-order chi connectivity index (χ1) is 8.63. The molecule has 18 heavy (non-hydrogen) atoms. The number of carbonyl (C=O) groups is 2. The number of rotatable bonds is 4. The van der Waals surface area contributed by atoms with Gasteiger partial charge in [0.2, 0.25) is 0 Å². The molecule has 1 spiro atoms. The van der Waals surface area contributed by atoms with Crippen LogP contribution in [0.4, 0.5) is 4.79 Å². The molecule has 1 N–H and O–H groups in total. The Morgan fingerprint density at radius 3 is 2.50 bits per heavy atom. The average molecular weight is 252 g/mol. The monoisotopic (exact) mass is 252 g/mol. The summed E-state index contributed by atoms with van der Waals surface area (Å²) in [6, 6.07) is -0.177. The molecule has 4 nitrogen and oxygen atoms in total. The fourth-order valence-corrected chi connectivity index (χ4v) is 3.11. The minimum atomic E-state index is -0.559. The van der Waals surface area contributed by atoms with Gasteiger partial charge in [0.15, 0.2) is 0 Å². The van der Waals surface area contributed by atoms with Gasteiger partial charge in [-0.2, -0.15) is 0 Å². The Balaban J connectivity index is 2.03. The molecule has 0 unspecified atom stereocenters. The summed E-state index contributed by atoms with van der Waals surface area (Å²) in [5.74, 6) is 0.750. The standard InChI is InChI=1S/C14H24N2O2/c1-3-5-10-16-12(17)14(15-13(16)18)8-6-11(4-2)7-9-14/h11H,3-10H2,1-2H3,(H,15,18). The highest BCUT2D eigenvalue weighted by Crippen LogP contribution is 2.37. The predicted octanol–water partition coefficient (Wildman–Crippen LogP) is 2.68. The average Bonchev–Trinajstić information content (AvgIpc) is 2.60. The lowest BCUT2D eigenvalue weighted by atomic mass is 9.75. The van der Waals surface area contributed by atoms with Crippen LogP contribution in [0.25, 0.3) is 0 Å². The number of unbranched alkanes of at least 4 members (excludes halogenated alkanes) is 1. The van der Waals surface area contributed by atoms with Crippen molar-refractivity contribution in [2.45, 2.75) is 64.3 Å². The smallest absolute Gasteiger partial charge is 0.323 e. The summed E-state index contributed by atoms with van der Waals surface area (Å²) >= 11 is 0. The summed E-state index contributed by atoms with van der Waals surface area (Å²) in [6.45, 7) is 4.84. The van der Waals surface area contributed by atoms with Crippen LogP contribution >= 0.6 is 0 Å². The van der Waals surface area contributed by atoms with Gasteiger partial charge in [0.05, 0.1) is 0 Å². The third-order valence-electron chi connectivity index (χ3n) is 4.52. The SMILES string of the molecule is CCCCN1C(=O)NC2(CCC(CC)CC2)C1=O. The van der Waals surface area contributed by atoms with Crippen molar-refractivity contribution in [2.75, 3.05) is 6.54 Å². The van der Waals surface area contributed by atoms with Crippen LogP contribution in [0, 0.1) is 5.92 Å². The second kappa shape index (κ2) is 5.29. The number of nitrogens with zero attached hydrogens (tertiary/aromatic N) is 1. The maximum Gasteiger partial charge on any atom is 0.325 e. The molecule has 1 saturated carbocycles. The number of hydrogen-bond donors (Lipinski definition) is 1. The summed E-state index contributed by atoms with van der Waals surface area (Å²) in [5, 5.41) is 2.96. The van der Waals surface area contributed by atoms with Gasteiger partial charge in [-0.15, -0.1) is 0 Å². The van der Waals surface area contributed by atoms with Crippen molar-refractivity contribution in [3.8, 4) is 0 Å². The molecule has 102 valence electrons. The number of imide groups is 1. The molecular formula is C14H24N2O2. The Kier molecular flexibility index (Phi) is 3.93. The molecule has 1 aliphatic carbocycles. The Bertz CT molecular complexity index is 333. The first-order valence-electron chi connectivity index (χ1n) is 7.27. The first-order valence-corrected chi connectivity index (χ1v) is 7.27. The van der Waals surface area contributed by atoms with E-state index < -0.39 is 5.54 Å². The normalized spacial score (nSPS) is 32.1. The summed E-state index contributed by atoms with van der Waals surface area (Å²) < 4.78 is 0. The number of hydrogen-bond acceptors (Lipinski definition) is 2. The van der Waals surface area contributed by atoms with Crippen LogP contribution in [0.1, 0.15) is 58.8 Å². The summed E-state index contributed by atoms with van der Waals surface area (Å²) in [4.78, 5) is 25.8. The van der Waals surface area contributed by atoms with E-state index in [4.69, 9.17) is 0 Å². The van der Waals surface area contributed by atoms with Gasteiger partial charge in [-0.05, 0) is 38.0 Å². The van der Waals surface area contributed by atoms with Crippen molar-refractivity contribution in [3.63, 3.8) is 0 Å². The number of carbonyl (C=O) groups excluding carboxylic acids is 2. The van der Waals surface area contributed by atoms with Gasteiger partial charge < -0.3 is 5.32 Å². The molecule has 2 aliphatic rings. The van der Waals surface area contributed by atoms with E-state index in [1.165, 1.54) is 11.3 Å². The molecule has 2 rings (SSSR count). The summed E-state index contributed by atoms with van der Waals surface area (Å²) in [6.07, 6.45) is 6.83. The zero-order valence-corrected chi connectivity index (χ0v) is 11.5. The maximum absolute atomic E-state index is 12.4. The van der Waals surface area contributed by atoms with Gasteiger partial charge in [0.1, 0.15) is 5.54 Å². The van der Waals surface area contributed by atoms with Crippen LogP contribution in [-0.4, -0.2) is 28.9 Å². The van der Waals surface area contributed by atoms with Crippen molar-refractivity contribution >= 4 is 11.9 Å². The minimum Gasteiger partial charge on any atom is -0.323 e. The zero-order chi connectivity index (χ0) is 13.2. The molecule has 0 radical (unpaired) electrons. The molecule has 0 aromatic rings. The van der Waals surface area contributed by atoms with Gasteiger partial charge in [-0.3, -0.25) is 9.69 Å². The van der Waals surface area contributed by atoms with E-state index in [-0.39, 0.29) is 11.9 Å². The number of amides is 3. The molecule has 1 heterocycles. The van der Waals surface area contributed by atoms with E-state index >= 15 is 0 Å². The fourth-order valence-electron chi connectivity index (χ4n) is 3.11. The van der Waals surface area contributed by atoms with E-state index in [0.29, 0.717) is 6.54 Å². The highest BCUT2D eigenvalue weighted by Gasteiger charge is 2.51. The lowest BCUT2D eigenvalue weighted by Crippen LogP contribution is -2.49. The first kappa shape index (κ1) is 13.4. The van der Waals surface area contributed by atoms with Crippen LogP contribution in [0.2, 0.25) is 0 Å². The second-order valence-electron chi connectivity index (χ2n) is 5.67. The molecule has 0 bridgehead atoms. The third kappa shape index (κ3) is 2.25. The molecule has 0 aromatic carbocycles. The fraction of sp³-hybridized carbons (Fsp3) is 0.857. The lowest BCUT2D eigenvalue weighted by Gasteiger charge is -2.34. The largest absolute Gasteiger partial charge is 0.325 e. The van der Waals surface area contributed by atoms with Crippen molar-refractivity contribution in [1.29, 1.82) is 0 Å². The predicted molar refractivity (Wildman–Crippen MR) is 70.1 cm³/mol. The van der Waals surface area contributed by atoms with Crippen LogP contribution in [0.3, 0.4) is 0 Å². The number of nitrogens with one attached hydrogen (secondary N) is 1. The van der Waals surface area contributed by atoms with Gasteiger partial charge in [0, 0.05) is 6.54 Å². The van der Waals surface area contributed by atoms with E-state index in [1.807, 2.05) is 0 Å². The molecular weight excluding hydrogens is 228 g/mol. The van der Waals surface area contributed by atoms with Crippen LogP contribution < -0.4 is 5.32 Å². The maximum atomic E-state index is 12.4. The summed E-state index contributed by atoms with van der Waals surface area (Å²) in [7, 11) is 0. The Labute approximate surface area is 109 Å². The van der Waals surface area contributed by atoms with Gasteiger partial charge in [-0.25, -0.2) is 4.79 Å². The van der Waals surface area contributed by atoms with E-state index in [2.05, 4.69) is 19.2 Å².